The number of nitrogen functional groups attached to an aromatic ring is 1. The smallest absolute Gasteiger partial charge is 0.220 e. The van der Waals surface area contributed by atoms with Crippen molar-refractivity contribution >= 4 is 21.6 Å². The number of nitrogens with zero attached hydrogens (tertiary/aromatic N) is 2. The van der Waals surface area contributed by atoms with E-state index in [2.05, 4.69) is 20.9 Å². The first-order chi connectivity index (χ1) is 9.01. The summed E-state index contributed by atoms with van der Waals surface area (Å²) in [5, 5.41) is 8.88. The molecule has 0 unspecified atom stereocenters. The number of anilines is 1. The third-order valence-corrected chi connectivity index (χ3v) is 3.89. The van der Waals surface area contributed by atoms with Crippen LogP contribution < -0.4 is 10.5 Å². The van der Waals surface area contributed by atoms with Gasteiger partial charge in [0, 0.05) is 10.5 Å². The number of nitriles is 1. The number of ether oxygens (including phenoxy) is 1. The van der Waals surface area contributed by atoms with Gasteiger partial charge in [0.05, 0.1) is 5.69 Å². The van der Waals surface area contributed by atoms with Gasteiger partial charge in [-0.2, -0.15) is 5.26 Å². The number of aromatic nitrogens is 1. The van der Waals surface area contributed by atoms with Crippen molar-refractivity contribution in [2.45, 2.75) is 13.8 Å². The van der Waals surface area contributed by atoms with Crippen molar-refractivity contribution in [3.8, 4) is 17.7 Å². The van der Waals surface area contributed by atoms with Crippen LogP contribution in [0.25, 0.3) is 0 Å². The lowest BCUT2D eigenvalue weighted by Gasteiger charge is -2.09. The molecule has 0 bridgehead atoms. The minimum Gasteiger partial charge on any atom is -0.439 e. The molecule has 1 heterocycles. The number of nitrogens with two attached hydrogens (primary N) is 1. The Morgan fingerprint density at radius 1 is 1.26 bits per heavy atom. The van der Waals surface area contributed by atoms with E-state index in [4.69, 9.17) is 15.7 Å². The number of pyridine rings is 1. The van der Waals surface area contributed by atoms with Gasteiger partial charge in [-0.3, -0.25) is 0 Å². The zero-order valence-electron chi connectivity index (χ0n) is 10.6. The van der Waals surface area contributed by atoms with Crippen LogP contribution in [0.15, 0.2) is 28.7 Å². The topological polar surface area (TPSA) is 71.9 Å². The number of hydrogen-bond donors (Lipinski definition) is 1. The second-order valence-electron chi connectivity index (χ2n) is 4.17. The minimum absolute atomic E-state index is 0.169. The molecule has 96 valence electrons. The molecule has 2 rings (SSSR count). The predicted molar refractivity (Wildman–Crippen MR) is 77.1 cm³/mol. The monoisotopic (exact) mass is 317 g/mol. The molecular formula is C14H12BrN3O. The Hall–Kier alpha value is -2.06. The van der Waals surface area contributed by atoms with Gasteiger partial charge in [-0.1, -0.05) is 15.9 Å². The summed E-state index contributed by atoms with van der Waals surface area (Å²) in [4.78, 5) is 4.05. The summed E-state index contributed by atoms with van der Waals surface area (Å²) in [5.74, 6) is 1.03. The van der Waals surface area contributed by atoms with E-state index in [9.17, 15) is 0 Å². The molecule has 0 fully saturated rings. The number of rotatable bonds is 2. The number of hydrogen-bond acceptors (Lipinski definition) is 4. The molecule has 0 saturated heterocycles. The maximum Gasteiger partial charge on any atom is 0.220 e. The Balaban J connectivity index is 2.34. The van der Waals surface area contributed by atoms with Gasteiger partial charge in [0.2, 0.25) is 5.88 Å². The molecule has 2 N–H and O–H groups in total. The predicted octanol–water partition coefficient (Wildman–Crippen LogP) is 3.71. The maximum absolute atomic E-state index is 8.88. The van der Waals surface area contributed by atoms with Crippen molar-refractivity contribution < 1.29 is 4.74 Å². The largest absolute Gasteiger partial charge is 0.439 e. The van der Waals surface area contributed by atoms with E-state index in [0.717, 1.165) is 15.6 Å². The molecule has 1 aromatic carbocycles. The standard InChI is InChI=1S/C14H12BrN3O/c1-8-5-10(6-9(2)14(8)15)19-13-4-3-11(17)12(7-16)18-13/h3-6H,17H2,1-2H3. The number of benzene rings is 1. The SMILES string of the molecule is Cc1cc(Oc2ccc(N)c(C#N)n2)cc(C)c1Br. The molecule has 2 aromatic rings. The van der Waals surface area contributed by atoms with Gasteiger partial charge in [-0.15, -0.1) is 0 Å². The van der Waals surface area contributed by atoms with Crippen LogP contribution >= 0.6 is 15.9 Å². The summed E-state index contributed by atoms with van der Waals surface area (Å²) in [5.41, 5.74) is 8.28. The lowest BCUT2D eigenvalue weighted by atomic mass is 10.1. The molecule has 5 heteroatoms. The quantitative estimate of drug-likeness (QED) is 0.916. The molecule has 0 atom stereocenters. The van der Waals surface area contributed by atoms with Crippen LogP contribution in [-0.2, 0) is 0 Å². The molecule has 0 radical (unpaired) electrons. The van der Waals surface area contributed by atoms with E-state index in [1.807, 2.05) is 32.0 Å². The van der Waals surface area contributed by atoms with Crippen LogP contribution in [0.1, 0.15) is 16.8 Å². The summed E-state index contributed by atoms with van der Waals surface area (Å²) in [6.45, 7) is 3.97. The molecule has 19 heavy (non-hydrogen) atoms. The fraction of sp³-hybridized carbons (Fsp3) is 0.143. The van der Waals surface area contributed by atoms with Gasteiger partial charge >= 0.3 is 0 Å². The lowest BCUT2D eigenvalue weighted by molar-refractivity contribution is 0.462. The van der Waals surface area contributed by atoms with E-state index in [1.54, 1.807) is 12.1 Å². The fourth-order valence-electron chi connectivity index (χ4n) is 1.68. The van der Waals surface area contributed by atoms with Gasteiger partial charge in [0.15, 0.2) is 5.69 Å². The minimum atomic E-state index is 0.169. The maximum atomic E-state index is 8.88. The Morgan fingerprint density at radius 3 is 2.47 bits per heavy atom. The zero-order valence-corrected chi connectivity index (χ0v) is 12.2. The van der Waals surface area contributed by atoms with Crippen molar-refractivity contribution in [3.63, 3.8) is 0 Å². The zero-order chi connectivity index (χ0) is 14.0. The first-order valence-electron chi connectivity index (χ1n) is 5.62. The molecule has 0 saturated carbocycles. The average Bonchev–Trinajstić information content (AvgIpc) is 2.38. The summed E-state index contributed by atoms with van der Waals surface area (Å²) >= 11 is 3.50. The van der Waals surface area contributed by atoms with Crippen molar-refractivity contribution in [1.82, 2.24) is 4.98 Å². The molecule has 0 amide bonds. The second-order valence-corrected chi connectivity index (χ2v) is 4.97. The van der Waals surface area contributed by atoms with E-state index in [0.29, 0.717) is 17.3 Å². The summed E-state index contributed by atoms with van der Waals surface area (Å²) in [6.07, 6.45) is 0. The molecule has 0 aliphatic heterocycles. The van der Waals surface area contributed by atoms with Crippen molar-refractivity contribution in [1.29, 1.82) is 5.26 Å². The average molecular weight is 318 g/mol. The van der Waals surface area contributed by atoms with Gasteiger partial charge in [0.25, 0.3) is 0 Å². The first kappa shape index (κ1) is 13.4. The van der Waals surface area contributed by atoms with Crippen LogP contribution in [0.5, 0.6) is 11.6 Å². The van der Waals surface area contributed by atoms with Crippen LogP contribution in [0.3, 0.4) is 0 Å². The fourth-order valence-corrected chi connectivity index (χ4v) is 1.91. The normalized spacial score (nSPS) is 10.0. The first-order valence-corrected chi connectivity index (χ1v) is 6.42. The van der Waals surface area contributed by atoms with E-state index in [1.165, 1.54) is 0 Å². The number of aryl methyl sites for hydroxylation is 2. The van der Waals surface area contributed by atoms with Gasteiger partial charge in [-0.05, 0) is 43.2 Å². The molecule has 1 aromatic heterocycles. The van der Waals surface area contributed by atoms with Gasteiger partial charge in [-0.25, -0.2) is 4.98 Å². The van der Waals surface area contributed by atoms with Crippen LogP contribution in [-0.4, -0.2) is 4.98 Å². The molecular weight excluding hydrogens is 306 g/mol. The highest BCUT2D eigenvalue weighted by Gasteiger charge is 2.07. The Labute approximate surface area is 120 Å². The molecule has 0 aliphatic rings. The summed E-state index contributed by atoms with van der Waals surface area (Å²) < 4.78 is 6.71. The lowest BCUT2D eigenvalue weighted by Crippen LogP contribution is -1.96. The number of halogens is 1. The van der Waals surface area contributed by atoms with Gasteiger partial charge < -0.3 is 10.5 Å². The molecule has 0 spiro atoms. The molecule has 0 aliphatic carbocycles. The third-order valence-electron chi connectivity index (χ3n) is 2.64. The highest BCUT2D eigenvalue weighted by atomic mass is 79.9. The molecule has 4 nitrogen and oxygen atoms in total. The highest BCUT2D eigenvalue weighted by molar-refractivity contribution is 9.10. The van der Waals surface area contributed by atoms with Crippen molar-refractivity contribution in [2.24, 2.45) is 0 Å². The summed E-state index contributed by atoms with van der Waals surface area (Å²) in [6, 6.07) is 8.99. The highest BCUT2D eigenvalue weighted by Crippen LogP contribution is 2.29. The summed E-state index contributed by atoms with van der Waals surface area (Å²) in [7, 11) is 0. The third kappa shape index (κ3) is 2.85. The van der Waals surface area contributed by atoms with Crippen molar-refractivity contribution in [3.05, 3.63) is 45.6 Å². The van der Waals surface area contributed by atoms with Gasteiger partial charge in [0.1, 0.15) is 11.8 Å². The van der Waals surface area contributed by atoms with Crippen LogP contribution in [0.2, 0.25) is 0 Å². The Morgan fingerprint density at radius 2 is 1.89 bits per heavy atom. The Bertz CT molecular complexity index is 654. The second kappa shape index (κ2) is 5.29. The van der Waals surface area contributed by atoms with E-state index in [-0.39, 0.29) is 5.69 Å². The van der Waals surface area contributed by atoms with Crippen molar-refractivity contribution in [2.75, 3.05) is 5.73 Å². The Kier molecular flexibility index (Phi) is 3.72. The van der Waals surface area contributed by atoms with E-state index < -0.39 is 0 Å². The van der Waals surface area contributed by atoms with Crippen LogP contribution in [0, 0.1) is 25.2 Å². The van der Waals surface area contributed by atoms with E-state index >= 15 is 0 Å². The van der Waals surface area contributed by atoms with Crippen LogP contribution in [0.4, 0.5) is 5.69 Å².